The second kappa shape index (κ2) is 11.8. The Morgan fingerprint density at radius 1 is 1.17 bits per heavy atom. The van der Waals surface area contributed by atoms with Crippen LogP contribution in [0.2, 0.25) is 0 Å². The minimum Gasteiger partial charge on any atom is -0.478 e. The van der Waals surface area contributed by atoms with Gasteiger partial charge in [-0.3, -0.25) is 4.90 Å². The number of carbonyl (C=O) groups is 1. The van der Waals surface area contributed by atoms with Gasteiger partial charge < -0.3 is 24.0 Å². The average molecular weight is 571 g/mol. The lowest BCUT2D eigenvalue weighted by atomic mass is 10.1. The van der Waals surface area contributed by atoms with Crippen LogP contribution in [0.4, 0.5) is 10.2 Å². The van der Waals surface area contributed by atoms with E-state index in [1.165, 1.54) is 6.07 Å². The maximum atomic E-state index is 14.3. The van der Waals surface area contributed by atoms with E-state index in [1.54, 1.807) is 36.4 Å². The number of anilines is 1. The highest BCUT2D eigenvalue weighted by Gasteiger charge is 2.29. The highest BCUT2D eigenvalue weighted by molar-refractivity contribution is 5.92. The number of piperazine rings is 1. The van der Waals surface area contributed by atoms with Crippen LogP contribution in [0, 0.1) is 17.1 Å². The lowest BCUT2D eigenvalue weighted by molar-refractivity contribution is -0.0594. The third kappa shape index (κ3) is 5.64. The topological polar surface area (TPSA) is 117 Å². The highest BCUT2D eigenvalue weighted by Crippen LogP contribution is 2.29. The molecule has 1 unspecified atom stereocenters. The number of nitriles is 1. The molecule has 2 aliphatic heterocycles. The van der Waals surface area contributed by atoms with Crippen molar-refractivity contribution in [2.45, 2.75) is 38.6 Å². The Labute approximate surface area is 242 Å². The van der Waals surface area contributed by atoms with Crippen LogP contribution in [0.3, 0.4) is 0 Å². The first-order valence-corrected chi connectivity index (χ1v) is 14.0. The standard InChI is InChI=1S/C31H31FN6O4/c1-20(30-34-26-8-7-22(31(39)40)16-27(26)38(30)18-24-9-14-41-24)36-10-12-37(13-11-36)28-3-2-4-29(35-28)42-19-23-6-5-21(17-33)15-25(23)32/h2-8,15-16,20,24H,9-14,18-19H2,1H3,(H,39,40)/t20-,24?/m0/s1. The van der Waals surface area contributed by atoms with E-state index in [0.29, 0.717) is 18.0 Å². The summed E-state index contributed by atoms with van der Waals surface area (Å²) in [5, 5.41) is 18.5. The molecule has 216 valence electrons. The molecule has 4 aromatic rings. The number of nitrogens with zero attached hydrogens (tertiary/aromatic N) is 6. The van der Waals surface area contributed by atoms with Crippen LogP contribution < -0.4 is 9.64 Å². The molecular formula is C31H31FN6O4. The summed E-state index contributed by atoms with van der Waals surface area (Å²) in [5.74, 6) is 0.654. The van der Waals surface area contributed by atoms with Crippen LogP contribution in [-0.2, 0) is 17.9 Å². The van der Waals surface area contributed by atoms with Gasteiger partial charge in [-0.1, -0.05) is 12.1 Å². The molecule has 0 saturated carbocycles. The van der Waals surface area contributed by atoms with E-state index in [0.717, 1.165) is 61.9 Å². The summed E-state index contributed by atoms with van der Waals surface area (Å²) < 4.78 is 27.9. The van der Waals surface area contributed by atoms with E-state index in [-0.39, 0.29) is 29.9 Å². The number of carboxylic acids is 1. The Morgan fingerprint density at radius 2 is 1.98 bits per heavy atom. The number of hydrogen-bond acceptors (Lipinski definition) is 8. The first-order chi connectivity index (χ1) is 20.4. The summed E-state index contributed by atoms with van der Waals surface area (Å²) in [7, 11) is 0. The van der Waals surface area contributed by atoms with Crippen molar-refractivity contribution in [3.63, 3.8) is 0 Å². The van der Waals surface area contributed by atoms with E-state index < -0.39 is 11.8 Å². The molecule has 2 aromatic heterocycles. The van der Waals surface area contributed by atoms with Gasteiger partial charge in [0.15, 0.2) is 0 Å². The number of hydrogen-bond donors (Lipinski definition) is 1. The second-order valence-corrected chi connectivity index (χ2v) is 10.6. The van der Waals surface area contributed by atoms with E-state index in [9.17, 15) is 14.3 Å². The van der Waals surface area contributed by atoms with Crippen molar-refractivity contribution in [3.05, 3.63) is 82.9 Å². The predicted molar refractivity (Wildman–Crippen MR) is 153 cm³/mol. The predicted octanol–water partition coefficient (Wildman–Crippen LogP) is 4.39. The minimum atomic E-state index is -0.959. The van der Waals surface area contributed by atoms with Crippen molar-refractivity contribution >= 4 is 22.8 Å². The number of halogens is 1. The van der Waals surface area contributed by atoms with Gasteiger partial charge in [-0.25, -0.2) is 14.2 Å². The van der Waals surface area contributed by atoms with Gasteiger partial charge in [-0.2, -0.15) is 10.2 Å². The smallest absolute Gasteiger partial charge is 0.335 e. The zero-order chi connectivity index (χ0) is 29.2. The van der Waals surface area contributed by atoms with Gasteiger partial charge in [0.2, 0.25) is 5.88 Å². The van der Waals surface area contributed by atoms with Gasteiger partial charge in [0, 0.05) is 44.4 Å². The van der Waals surface area contributed by atoms with Crippen molar-refractivity contribution in [3.8, 4) is 11.9 Å². The molecule has 4 heterocycles. The number of fused-ring (bicyclic) bond motifs is 1. The van der Waals surface area contributed by atoms with Crippen molar-refractivity contribution in [2.24, 2.45) is 0 Å². The summed E-state index contributed by atoms with van der Waals surface area (Å²) in [6.45, 7) is 6.61. The third-order valence-electron chi connectivity index (χ3n) is 8.03. The first-order valence-electron chi connectivity index (χ1n) is 14.0. The molecule has 42 heavy (non-hydrogen) atoms. The molecule has 11 heteroatoms. The van der Waals surface area contributed by atoms with Gasteiger partial charge >= 0.3 is 5.97 Å². The van der Waals surface area contributed by atoms with Gasteiger partial charge in [0.25, 0.3) is 0 Å². The highest BCUT2D eigenvalue weighted by atomic mass is 19.1. The number of aromatic nitrogens is 3. The van der Waals surface area contributed by atoms with E-state index in [4.69, 9.17) is 19.7 Å². The SMILES string of the molecule is C[C@@H](c1nc2ccc(C(=O)O)cc2n1CC1CCO1)N1CCN(c2cccc(OCc3ccc(C#N)cc3F)n2)CC1. The molecule has 0 amide bonds. The average Bonchev–Trinajstić information content (AvgIpc) is 3.35. The van der Waals surface area contributed by atoms with Crippen LogP contribution in [0.5, 0.6) is 5.88 Å². The molecule has 2 atom stereocenters. The molecular weight excluding hydrogens is 539 g/mol. The van der Waals surface area contributed by atoms with Crippen LogP contribution in [0.25, 0.3) is 11.0 Å². The molecule has 0 radical (unpaired) electrons. The Bertz CT molecular complexity index is 1660. The van der Waals surface area contributed by atoms with Crippen LogP contribution in [0.1, 0.15) is 46.7 Å². The summed E-state index contributed by atoms with van der Waals surface area (Å²) in [5.41, 5.74) is 2.46. The normalized spacial score (nSPS) is 17.9. The summed E-state index contributed by atoms with van der Waals surface area (Å²) in [6.07, 6.45) is 1.08. The quantitative estimate of drug-likeness (QED) is 0.313. The molecule has 1 N–H and O–H groups in total. The first kappa shape index (κ1) is 27.6. The Kier molecular flexibility index (Phi) is 7.73. The van der Waals surface area contributed by atoms with E-state index >= 15 is 0 Å². The lowest BCUT2D eigenvalue weighted by Crippen LogP contribution is -2.48. The van der Waals surface area contributed by atoms with Gasteiger partial charge in [0.1, 0.15) is 24.1 Å². The number of aromatic carboxylic acids is 1. The fourth-order valence-corrected chi connectivity index (χ4v) is 5.47. The number of rotatable bonds is 9. The molecule has 6 rings (SSSR count). The van der Waals surface area contributed by atoms with E-state index in [2.05, 4.69) is 26.3 Å². The maximum Gasteiger partial charge on any atom is 0.335 e. The summed E-state index contributed by atoms with van der Waals surface area (Å²) >= 11 is 0. The number of benzene rings is 2. The molecule has 2 fully saturated rings. The fraction of sp³-hybridized carbons (Fsp3) is 0.355. The molecule has 10 nitrogen and oxygen atoms in total. The monoisotopic (exact) mass is 570 g/mol. The number of ether oxygens (including phenoxy) is 2. The Balaban J connectivity index is 1.13. The summed E-state index contributed by atoms with van der Waals surface area (Å²) in [4.78, 5) is 25.8. The Hall–Kier alpha value is -4.53. The second-order valence-electron chi connectivity index (χ2n) is 10.6. The third-order valence-corrected chi connectivity index (χ3v) is 8.03. The van der Waals surface area contributed by atoms with Crippen LogP contribution in [-0.4, -0.2) is 69.4 Å². The zero-order valence-electron chi connectivity index (χ0n) is 23.2. The number of pyridine rings is 1. The van der Waals surface area contributed by atoms with Crippen molar-refractivity contribution < 1.29 is 23.8 Å². The molecule has 0 bridgehead atoms. The van der Waals surface area contributed by atoms with Crippen LogP contribution >= 0.6 is 0 Å². The molecule has 2 aromatic carbocycles. The number of imidazole rings is 1. The number of carboxylic acid groups (broad SMARTS) is 1. The zero-order valence-corrected chi connectivity index (χ0v) is 23.2. The Morgan fingerprint density at radius 3 is 2.67 bits per heavy atom. The summed E-state index contributed by atoms with van der Waals surface area (Å²) in [6, 6.07) is 16.9. The molecule has 0 spiro atoms. The van der Waals surface area contributed by atoms with E-state index in [1.807, 2.05) is 18.2 Å². The minimum absolute atomic E-state index is 0.0119. The van der Waals surface area contributed by atoms with Crippen molar-refractivity contribution in [1.29, 1.82) is 5.26 Å². The lowest BCUT2D eigenvalue weighted by Gasteiger charge is -2.38. The van der Waals surface area contributed by atoms with Crippen molar-refractivity contribution in [1.82, 2.24) is 19.4 Å². The van der Waals surface area contributed by atoms with Crippen molar-refractivity contribution in [2.75, 3.05) is 37.7 Å². The largest absolute Gasteiger partial charge is 0.478 e. The molecule has 2 aliphatic rings. The van der Waals surface area contributed by atoms with Gasteiger partial charge in [-0.05, 0) is 49.7 Å². The maximum absolute atomic E-state index is 14.3. The van der Waals surface area contributed by atoms with Gasteiger partial charge in [-0.15, -0.1) is 0 Å². The molecule has 2 saturated heterocycles. The fourth-order valence-electron chi connectivity index (χ4n) is 5.47. The van der Waals surface area contributed by atoms with Gasteiger partial charge in [0.05, 0.1) is 46.9 Å². The van der Waals surface area contributed by atoms with Crippen LogP contribution in [0.15, 0.2) is 54.6 Å². The molecule has 0 aliphatic carbocycles.